The summed E-state index contributed by atoms with van der Waals surface area (Å²) in [5.41, 5.74) is 3.03. The van der Waals surface area contributed by atoms with E-state index in [1.807, 2.05) is 48.7 Å². The molecule has 166 valence electrons. The summed E-state index contributed by atoms with van der Waals surface area (Å²) in [5, 5.41) is 7.48. The number of ether oxygens (including phenoxy) is 1. The molecule has 5 nitrogen and oxygen atoms in total. The molecule has 0 aliphatic carbocycles. The Morgan fingerprint density at radius 2 is 1.78 bits per heavy atom. The quantitative estimate of drug-likeness (QED) is 0.340. The lowest BCUT2D eigenvalue weighted by Gasteiger charge is -2.12. The van der Waals surface area contributed by atoms with Gasteiger partial charge in [0.15, 0.2) is 0 Å². The summed E-state index contributed by atoms with van der Waals surface area (Å²) in [4.78, 5) is 26.3. The maximum absolute atomic E-state index is 12.8. The number of amides is 2. The van der Waals surface area contributed by atoms with Gasteiger partial charge in [-0.15, -0.1) is 11.3 Å². The third-order valence-electron chi connectivity index (χ3n) is 4.75. The van der Waals surface area contributed by atoms with E-state index in [0.29, 0.717) is 18.7 Å². The Morgan fingerprint density at radius 1 is 1.03 bits per heavy atom. The minimum absolute atomic E-state index is 0.196. The molecule has 0 spiro atoms. The lowest BCUT2D eigenvalue weighted by molar-refractivity contribution is -0.117. The van der Waals surface area contributed by atoms with Crippen LogP contribution in [0.3, 0.4) is 0 Å². The van der Waals surface area contributed by atoms with Crippen LogP contribution >= 0.6 is 11.3 Å². The third-order valence-corrected chi connectivity index (χ3v) is 5.57. The van der Waals surface area contributed by atoms with Crippen LogP contribution in [0.5, 0.6) is 5.75 Å². The average molecular weight is 449 g/mol. The second-order valence-corrected chi connectivity index (χ2v) is 8.37. The molecule has 1 heterocycles. The minimum atomic E-state index is -0.360. The van der Waals surface area contributed by atoms with E-state index in [9.17, 15) is 9.59 Å². The van der Waals surface area contributed by atoms with Crippen LogP contribution in [0.1, 0.15) is 39.7 Å². The van der Waals surface area contributed by atoms with Crippen molar-refractivity contribution in [1.29, 1.82) is 0 Å². The lowest BCUT2D eigenvalue weighted by atomic mass is 10.1. The van der Waals surface area contributed by atoms with Crippen molar-refractivity contribution in [2.75, 3.05) is 13.2 Å². The highest BCUT2D eigenvalue weighted by Crippen LogP contribution is 2.14. The summed E-state index contributed by atoms with van der Waals surface area (Å²) >= 11 is 1.49. The Morgan fingerprint density at radius 3 is 2.44 bits per heavy atom. The molecule has 3 rings (SSSR count). The van der Waals surface area contributed by atoms with Crippen LogP contribution in [0, 0.1) is 6.92 Å². The van der Waals surface area contributed by atoms with Gasteiger partial charge in [0, 0.05) is 10.4 Å². The number of aryl methyl sites for hydroxylation is 2. The smallest absolute Gasteiger partial charge is 0.267 e. The Bertz CT molecular complexity index is 1040. The molecule has 0 saturated heterocycles. The first kappa shape index (κ1) is 23.3. The van der Waals surface area contributed by atoms with Crippen LogP contribution in [0.2, 0.25) is 0 Å². The van der Waals surface area contributed by atoms with E-state index in [2.05, 4.69) is 29.7 Å². The fourth-order valence-electron chi connectivity index (χ4n) is 3.04. The maximum Gasteiger partial charge on any atom is 0.267 e. The molecule has 0 radical (unpaired) electrons. The molecule has 1 aromatic heterocycles. The highest BCUT2D eigenvalue weighted by molar-refractivity contribution is 7.10. The Labute approximate surface area is 193 Å². The van der Waals surface area contributed by atoms with Gasteiger partial charge in [0.25, 0.3) is 11.8 Å². The first-order chi connectivity index (χ1) is 15.5. The first-order valence-corrected chi connectivity index (χ1v) is 11.6. The van der Waals surface area contributed by atoms with Crippen LogP contribution < -0.4 is 15.4 Å². The van der Waals surface area contributed by atoms with Crippen LogP contribution in [-0.2, 0) is 11.2 Å². The second-order valence-electron chi connectivity index (χ2n) is 7.39. The van der Waals surface area contributed by atoms with Gasteiger partial charge in [-0.3, -0.25) is 9.59 Å². The van der Waals surface area contributed by atoms with E-state index in [1.165, 1.54) is 16.9 Å². The molecule has 0 aliphatic rings. The van der Waals surface area contributed by atoms with Crippen molar-refractivity contribution < 1.29 is 14.3 Å². The van der Waals surface area contributed by atoms with Crippen LogP contribution in [-0.4, -0.2) is 25.0 Å². The summed E-state index contributed by atoms with van der Waals surface area (Å²) in [6.45, 7) is 4.76. The molecule has 6 heteroatoms. The molecule has 0 aliphatic heterocycles. The summed E-state index contributed by atoms with van der Waals surface area (Å²) in [6, 6.07) is 19.0. The summed E-state index contributed by atoms with van der Waals surface area (Å²) < 4.78 is 5.72. The van der Waals surface area contributed by atoms with Gasteiger partial charge in [0.2, 0.25) is 0 Å². The molecule has 2 N–H and O–H groups in total. The maximum atomic E-state index is 12.8. The number of carbonyl (C=O) groups is 2. The third kappa shape index (κ3) is 7.10. The molecule has 32 heavy (non-hydrogen) atoms. The van der Waals surface area contributed by atoms with Crippen molar-refractivity contribution >= 4 is 29.2 Å². The van der Waals surface area contributed by atoms with Crippen LogP contribution in [0.25, 0.3) is 6.08 Å². The van der Waals surface area contributed by atoms with Crippen molar-refractivity contribution in [2.45, 2.75) is 26.7 Å². The first-order valence-electron chi connectivity index (χ1n) is 10.7. The highest BCUT2D eigenvalue weighted by Gasteiger charge is 2.14. The van der Waals surface area contributed by atoms with Gasteiger partial charge in [0.1, 0.15) is 18.1 Å². The van der Waals surface area contributed by atoms with Gasteiger partial charge in [-0.25, -0.2) is 0 Å². The van der Waals surface area contributed by atoms with Gasteiger partial charge in [0.05, 0.1) is 6.54 Å². The van der Waals surface area contributed by atoms with E-state index < -0.39 is 0 Å². The van der Waals surface area contributed by atoms with E-state index in [0.717, 1.165) is 29.0 Å². The molecule has 0 saturated carbocycles. The van der Waals surface area contributed by atoms with Crippen molar-refractivity contribution in [3.63, 3.8) is 0 Å². The number of thiophene rings is 1. The van der Waals surface area contributed by atoms with Crippen LogP contribution in [0.4, 0.5) is 0 Å². The van der Waals surface area contributed by atoms with Gasteiger partial charge in [-0.2, -0.15) is 0 Å². The Balaban J connectivity index is 1.57. The summed E-state index contributed by atoms with van der Waals surface area (Å²) in [7, 11) is 0. The summed E-state index contributed by atoms with van der Waals surface area (Å²) in [6.07, 6.45) is 3.83. The number of hydrogen-bond donors (Lipinski definition) is 2. The zero-order valence-electron chi connectivity index (χ0n) is 18.4. The molecule has 3 aromatic rings. The second kappa shape index (κ2) is 11.9. The minimum Gasteiger partial charge on any atom is -0.492 e. The molecule has 0 unspecified atom stereocenters. The Kier molecular flexibility index (Phi) is 8.63. The predicted molar refractivity (Wildman–Crippen MR) is 130 cm³/mol. The molecule has 2 aromatic carbocycles. The van der Waals surface area contributed by atoms with E-state index >= 15 is 0 Å². The van der Waals surface area contributed by atoms with E-state index in [-0.39, 0.29) is 17.5 Å². The predicted octanol–water partition coefficient (Wildman–Crippen LogP) is 4.98. The monoisotopic (exact) mass is 448 g/mol. The molecule has 0 fully saturated rings. The molecule has 2 amide bonds. The molecule has 0 atom stereocenters. The number of rotatable bonds is 10. The van der Waals surface area contributed by atoms with Gasteiger partial charge < -0.3 is 15.4 Å². The van der Waals surface area contributed by atoms with Crippen molar-refractivity contribution in [2.24, 2.45) is 0 Å². The van der Waals surface area contributed by atoms with Crippen molar-refractivity contribution in [1.82, 2.24) is 10.6 Å². The van der Waals surface area contributed by atoms with Gasteiger partial charge in [-0.05, 0) is 60.7 Å². The Hall–Kier alpha value is -3.38. The van der Waals surface area contributed by atoms with Gasteiger partial charge in [-0.1, -0.05) is 49.2 Å². The molecule has 0 bridgehead atoms. The number of nitrogens with one attached hydrogen (secondary N) is 2. The molecular formula is C26H28N2O3S. The van der Waals surface area contributed by atoms with Gasteiger partial charge >= 0.3 is 0 Å². The fourth-order valence-corrected chi connectivity index (χ4v) is 3.70. The number of carbonyl (C=O) groups excluding carboxylic acids is 2. The van der Waals surface area contributed by atoms with E-state index in [4.69, 9.17) is 4.74 Å². The normalized spacial score (nSPS) is 11.1. The summed E-state index contributed by atoms with van der Waals surface area (Å²) in [5.74, 6) is 0.0771. The number of hydrogen-bond acceptors (Lipinski definition) is 4. The van der Waals surface area contributed by atoms with Crippen LogP contribution in [0.15, 0.2) is 71.7 Å². The standard InChI is InChI=1S/C26H28N2O3S/c1-3-5-20-9-13-22(14-10-20)31-16-15-27-26(30)24(18-23-6-4-17-32-23)28-25(29)21-11-7-19(2)8-12-21/h4,6-14,17-18H,3,5,15-16H2,1-2H3,(H,27,30)(H,28,29)/b24-18-. The average Bonchev–Trinajstić information content (AvgIpc) is 3.31. The zero-order valence-corrected chi connectivity index (χ0v) is 19.2. The zero-order chi connectivity index (χ0) is 22.8. The van der Waals surface area contributed by atoms with Crippen molar-refractivity contribution in [3.8, 4) is 5.75 Å². The largest absolute Gasteiger partial charge is 0.492 e. The molecular weight excluding hydrogens is 420 g/mol. The number of benzene rings is 2. The van der Waals surface area contributed by atoms with Crippen molar-refractivity contribution in [3.05, 3.63) is 93.3 Å². The highest BCUT2D eigenvalue weighted by atomic mass is 32.1. The SMILES string of the molecule is CCCc1ccc(OCCNC(=O)/C(=C/c2cccs2)NC(=O)c2ccc(C)cc2)cc1. The van der Waals surface area contributed by atoms with E-state index in [1.54, 1.807) is 18.2 Å². The lowest BCUT2D eigenvalue weighted by Crippen LogP contribution is -2.36. The topological polar surface area (TPSA) is 67.4 Å². The fraction of sp³-hybridized carbons (Fsp3) is 0.231.